The van der Waals surface area contributed by atoms with Gasteiger partial charge in [0.25, 0.3) is 11.8 Å². The minimum Gasteiger partial charge on any atom is -0.493 e. The Kier molecular flexibility index (Phi) is 14.9. The number of ether oxygens (including phenoxy) is 5. The summed E-state index contributed by atoms with van der Waals surface area (Å²) in [5.74, 6) is 2.63. The quantitative estimate of drug-likeness (QED) is 0.0716. The Labute approximate surface area is 379 Å². The molecule has 63 heavy (non-hydrogen) atoms. The van der Waals surface area contributed by atoms with Crippen molar-refractivity contribution in [2.75, 3.05) is 73.4 Å². The number of rotatable bonds is 19. The monoisotopic (exact) mass is 896 g/mol. The lowest BCUT2D eigenvalue weighted by molar-refractivity contribution is 0.0974. The van der Waals surface area contributed by atoms with Crippen LogP contribution in [0.15, 0.2) is 72.8 Å². The van der Waals surface area contributed by atoms with Crippen molar-refractivity contribution >= 4 is 62.2 Å². The maximum Gasteiger partial charge on any atom is 0.414 e. The topological polar surface area (TPSA) is 119 Å². The maximum absolute atomic E-state index is 14.4. The molecular formula is C49H60N4O8S2. The number of anilines is 4. The summed E-state index contributed by atoms with van der Waals surface area (Å²) in [4.78, 5) is 47.7. The molecule has 3 heterocycles. The van der Waals surface area contributed by atoms with Gasteiger partial charge in [0.2, 0.25) is 0 Å². The van der Waals surface area contributed by atoms with Gasteiger partial charge in [-0.25, -0.2) is 4.79 Å². The fraction of sp³-hybridized carbons (Fsp3) is 0.449. The number of fused-ring (bicyclic) bond motifs is 5. The van der Waals surface area contributed by atoms with Crippen LogP contribution in [0, 0.1) is 0 Å². The van der Waals surface area contributed by atoms with Crippen LogP contribution in [0.5, 0.6) is 23.0 Å². The molecule has 0 saturated carbocycles. The number of hydrogen-bond acceptors (Lipinski definition) is 11. The lowest BCUT2D eigenvalue weighted by atomic mass is 10.1. The predicted octanol–water partition coefficient (Wildman–Crippen LogP) is 10.5. The molecule has 3 aliphatic rings. The molecule has 14 heteroatoms. The first-order valence-corrected chi connectivity index (χ1v) is 24.3. The van der Waals surface area contributed by atoms with Crippen LogP contribution >= 0.6 is 21.6 Å². The lowest BCUT2D eigenvalue weighted by Gasteiger charge is -2.28. The van der Waals surface area contributed by atoms with Gasteiger partial charge in [0.15, 0.2) is 23.0 Å². The first kappa shape index (κ1) is 45.8. The molecule has 0 spiro atoms. The average Bonchev–Trinajstić information content (AvgIpc) is 3.80. The van der Waals surface area contributed by atoms with Crippen molar-refractivity contribution < 1.29 is 38.1 Å². The highest BCUT2D eigenvalue weighted by atomic mass is 33.1. The number of methoxy groups -OCH3 is 2. The molecule has 0 aliphatic carbocycles. The number of para-hydroxylation sites is 2. The lowest BCUT2D eigenvalue weighted by Crippen LogP contribution is -2.44. The van der Waals surface area contributed by atoms with Crippen LogP contribution in [0.25, 0.3) is 0 Å². The molecule has 1 N–H and O–H groups in total. The summed E-state index contributed by atoms with van der Waals surface area (Å²) in [7, 11) is 8.44. The van der Waals surface area contributed by atoms with Crippen LogP contribution in [-0.2, 0) is 17.6 Å². The number of hydrogen-bond donors (Lipinski definition) is 1. The summed E-state index contributed by atoms with van der Waals surface area (Å²) < 4.78 is 29.8. The third kappa shape index (κ3) is 10.1. The van der Waals surface area contributed by atoms with Crippen LogP contribution in [0.3, 0.4) is 0 Å². The Bertz CT molecular complexity index is 2290. The maximum atomic E-state index is 14.4. The normalized spacial score (nSPS) is 16.4. The van der Waals surface area contributed by atoms with Crippen LogP contribution in [-0.4, -0.2) is 88.1 Å². The molecule has 0 fully saturated rings. The fourth-order valence-corrected chi connectivity index (χ4v) is 11.0. The minimum atomic E-state index is -0.503. The Morgan fingerprint density at radius 3 is 2.14 bits per heavy atom. The number of benzene rings is 4. The Morgan fingerprint density at radius 2 is 1.46 bits per heavy atom. The Hall–Kier alpha value is -5.21. The van der Waals surface area contributed by atoms with Crippen molar-refractivity contribution in [3.05, 3.63) is 95.1 Å². The van der Waals surface area contributed by atoms with E-state index in [0.717, 1.165) is 60.4 Å². The molecule has 336 valence electrons. The highest BCUT2D eigenvalue weighted by molar-refractivity contribution is 8.77. The number of unbranched alkanes of at least 4 members (excludes halogenated alkanes) is 3. The summed E-state index contributed by atoms with van der Waals surface area (Å²) >= 11 is 0. The minimum absolute atomic E-state index is 0.0360. The second-order valence-corrected chi connectivity index (χ2v) is 19.9. The van der Waals surface area contributed by atoms with Crippen molar-refractivity contribution in [2.24, 2.45) is 0 Å². The molecule has 2 atom stereocenters. The van der Waals surface area contributed by atoms with E-state index in [9.17, 15) is 14.4 Å². The van der Waals surface area contributed by atoms with Gasteiger partial charge in [0, 0.05) is 42.3 Å². The second kappa shape index (κ2) is 20.5. The summed E-state index contributed by atoms with van der Waals surface area (Å²) in [6.07, 6.45) is 5.46. The Morgan fingerprint density at radius 1 is 0.810 bits per heavy atom. The van der Waals surface area contributed by atoms with Crippen molar-refractivity contribution in [1.82, 2.24) is 0 Å². The zero-order valence-electron chi connectivity index (χ0n) is 37.5. The van der Waals surface area contributed by atoms with Gasteiger partial charge in [-0.15, -0.1) is 0 Å². The largest absolute Gasteiger partial charge is 0.493 e. The van der Waals surface area contributed by atoms with Crippen molar-refractivity contribution in [2.45, 2.75) is 89.5 Å². The average molecular weight is 897 g/mol. The molecule has 7 rings (SSSR count). The number of nitrogens with one attached hydrogen (secondary N) is 1. The number of carbonyl (C=O) groups is 3. The van der Waals surface area contributed by atoms with Gasteiger partial charge >= 0.3 is 6.09 Å². The summed E-state index contributed by atoms with van der Waals surface area (Å²) in [5, 5.41) is 3.18. The summed E-state index contributed by atoms with van der Waals surface area (Å²) in [5.41, 5.74) is 5.98. The molecule has 3 amide bonds. The highest BCUT2D eigenvalue weighted by Crippen LogP contribution is 2.44. The van der Waals surface area contributed by atoms with Crippen LogP contribution < -0.4 is 39.0 Å². The number of amides is 3. The van der Waals surface area contributed by atoms with Crippen LogP contribution in [0.1, 0.15) is 91.6 Å². The first-order chi connectivity index (χ1) is 30.5. The molecule has 0 saturated heterocycles. The van der Waals surface area contributed by atoms with E-state index >= 15 is 0 Å². The smallest absolute Gasteiger partial charge is 0.414 e. The Balaban J connectivity index is 0.999. The first-order valence-electron chi connectivity index (χ1n) is 21.9. The molecule has 0 aromatic heterocycles. The van der Waals surface area contributed by atoms with E-state index in [-0.39, 0.29) is 41.8 Å². The standard InChI is InChI=1S/C49H60N4O8S2/c1-8-9-23-62-63-49(3,4)31-61-48(56)51-30-35-25-34-18-12-14-20-40(34)53(35)47(55)37-27-43(58-7)45(29-41(37)51)60-22-16-10-15-21-59-44-28-38(50-5)36(26-42(44)57-6)46(54)52-32(2)24-33-17-11-13-19-39(33)52/h11-14,17-20,26-29,32,35,50H,8-10,15-16,21-25,30-31H2,1-7H3/t32-,35?/m1/s1. The molecule has 4 aromatic rings. The van der Waals surface area contributed by atoms with E-state index < -0.39 is 6.09 Å². The van der Waals surface area contributed by atoms with Crippen LogP contribution in [0.4, 0.5) is 27.5 Å². The molecule has 0 bridgehead atoms. The number of nitrogens with zero attached hydrogens (tertiary/aromatic N) is 3. The van der Waals surface area contributed by atoms with Crippen LogP contribution in [0.2, 0.25) is 0 Å². The SMILES string of the molecule is CCCCSSC(C)(C)COC(=O)N1CC2Cc3ccccc3N2C(=O)c2cc(OC)c(OCCCCCOc3cc(NC)c(C(=O)N4c5ccccc5C[C@H]4C)cc3OC)cc21. The van der Waals surface area contributed by atoms with Gasteiger partial charge in [0.05, 0.1) is 67.3 Å². The molecule has 12 nitrogen and oxygen atoms in total. The van der Waals surface area contributed by atoms with Crippen molar-refractivity contribution in [1.29, 1.82) is 0 Å². The molecule has 4 aromatic carbocycles. The highest BCUT2D eigenvalue weighted by Gasteiger charge is 2.42. The van der Waals surface area contributed by atoms with E-state index in [1.807, 2.05) is 58.3 Å². The van der Waals surface area contributed by atoms with E-state index in [4.69, 9.17) is 23.7 Å². The third-order valence-electron chi connectivity index (χ3n) is 11.6. The third-order valence-corrected chi connectivity index (χ3v) is 15.0. The molecular weight excluding hydrogens is 837 g/mol. The predicted molar refractivity (Wildman–Crippen MR) is 255 cm³/mol. The van der Waals surface area contributed by atoms with E-state index in [2.05, 4.69) is 39.1 Å². The summed E-state index contributed by atoms with van der Waals surface area (Å²) in [6, 6.07) is 22.7. The van der Waals surface area contributed by atoms with E-state index in [1.165, 1.54) is 0 Å². The van der Waals surface area contributed by atoms with E-state index in [1.54, 1.807) is 66.0 Å². The van der Waals surface area contributed by atoms with Crippen molar-refractivity contribution in [3.63, 3.8) is 0 Å². The zero-order chi connectivity index (χ0) is 44.7. The molecule has 3 aliphatic heterocycles. The summed E-state index contributed by atoms with van der Waals surface area (Å²) in [6.45, 7) is 9.68. The number of carbonyl (C=O) groups excluding carboxylic acids is 3. The van der Waals surface area contributed by atoms with Gasteiger partial charge in [-0.3, -0.25) is 14.5 Å². The van der Waals surface area contributed by atoms with Gasteiger partial charge in [-0.05, 0) is 94.7 Å². The van der Waals surface area contributed by atoms with Gasteiger partial charge < -0.3 is 38.8 Å². The fourth-order valence-electron chi connectivity index (χ4n) is 8.42. The van der Waals surface area contributed by atoms with Gasteiger partial charge in [0.1, 0.15) is 6.61 Å². The zero-order valence-corrected chi connectivity index (χ0v) is 39.1. The molecule has 1 unspecified atom stereocenters. The van der Waals surface area contributed by atoms with Crippen molar-refractivity contribution in [3.8, 4) is 23.0 Å². The second-order valence-electron chi connectivity index (χ2n) is 16.8. The molecule has 0 radical (unpaired) electrons. The van der Waals surface area contributed by atoms with Gasteiger partial charge in [-0.1, -0.05) is 71.3 Å². The van der Waals surface area contributed by atoms with E-state index in [0.29, 0.717) is 71.6 Å². The van der Waals surface area contributed by atoms with Gasteiger partial charge in [-0.2, -0.15) is 0 Å².